The van der Waals surface area contributed by atoms with Crippen LogP contribution >= 0.6 is 24.2 Å². The predicted molar refractivity (Wildman–Crippen MR) is 79.7 cm³/mol. The smallest absolute Gasteiger partial charge is 0.148 e. The Hall–Kier alpha value is -1.53. The minimum atomic E-state index is -0.102. The number of fused-ring (bicyclic) bond motifs is 1. The molecule has 104 valence electrons. The number of ether oxygens (including phenoxy) is 1. The Labute approximate surface area is 127 Å². The second-order valence-corrected chi connectivity index (χ2v) is 5.45. The van der Waals surface area contributed by atoms with Crippen molar-refractivity contribution < 1.29 is 4.74 Å². The maximum Gasteiger partial charge on any atom is 0.148 e. The van der Waals surface area contributed by atoms with Gasteiger partial charge >= 0.3 is 0 Å². The molecule has 2 aromatic heterocycles. The van der Waals surface area contributed by atoms with Gasteiger partial charge in [0.25, 0.3) is 0 Å². The van der Waals surface area contributed by atoms with Crippen LogP contribution in [0.3, 0.4) is 0 Å². The second-order valence-electron chi connectivity index (χ2n) is 4.64. The zero-order valence-electron chi connectivity index (χ0n) is 10.8. The van der Waals surface area contributed by atoms with E-state index >= 15 is 0 Å². The topological polar surface area (TPSA) is 73.9 Å². The van der Waals surface area contributed by atoms with E-state index in [1.54, 1.807) is 6.20 Å². The standard InChI is InChI=1S/C13H13ClN4OS/c1-6(13-17-11(14)10(20)12(15)18-13)8-4-7-2-3-19-9(7)5-16-8/h4-6,20H,2-3H2,1H3,(H2,15,17,18). The van der Waals surface area contributed by atoms with E-state index in [1.165, 1.54) is 0 Å². The van der Waals surface area contributed by atoms with Crippen molar-refractivity contribution in [1.29, 1.82) is 0 Å². The number of thiol groups is 1. The molecule has 1 atom stereocenters. The summed E-state index contributed by atoms with van der Waals surface area (Å²) in [5.41, 5.74) is 7.81. The van der Waals surface area contributed by atoms with Crippen molar-refractivity contribution in [3.63, 3.8) is 0 Å². The molecule has 0 amide bonds. The summed E-state index contributed by atoms with van der Waals surface area (Å²) >= 11 is 10.1. The number of hydrogen-bond acceptors (Lipinski definition) is 6. The number of halogens is 1. The van der Waals surface area contributed by atoms with Gasteiger partial charge in [-0.3, -0.25) is 4.98 Å². The molecule has 20 heavy (non-hydrogen) atoms. The highest BCUT2D eigenvalue weighted by molar-refractivity contribution is 7.80. The molecule has 7 heteroatoms. The van der Waals surface area contributed by atoms with Crippen LogP contribution in [0.4, 0.5) is 5.82 Å². The van der Waals surface area contributed by atoms with Crippen LogP contribution in [-0.2, 0) is 6.42 Å². The van der Waals surface area contributed by atoms with Crippen molar-refractivity contribution in [2.75, 3.05) is 12.3 Å². The third-order valence-corrected chi connectivity index (χ3v) is 4.16. The molecule has 1 unspecified atom stereocenters. The van der Waals surface area contributed by atoms with E-state index in [9.17, 15) is 0 Å². The Balaban J connectivity index is 1.98. The summed E-state index contributed by atoms with van der Waals surface area (Å²) in [5.74, 6) is 1.57. The van der Waals surface area contributed by atoms with E-state index in [-0.39, 0.29) is 16.9 Å². The first kappa shape index (κ1) is 13.5. The normalized spacial score (nSPS) is 14.8. The van der Waals surface area contributed by atoms with Gasteiger partial charge in [-0.15, -0.1) is 12.6 Å². The van der Waals surface area contributed by atoms with Gasteiger partial charge in [0.15, 0.2) is 0 Å². The third-order valence-electron chi connectivity index (χ3n) is 3.32. The number of hydrogen-bond donors (Lipinski definition) is 2. The van der Waals surface area contributed by atoms with Gasteiger partial charge in [0.2, 0.25) is 0 Å². The average molecular weight is 309 g/mol. The fraction of sp³-hybridized carbons (Fsp3) is 0.308. The summed E-state index contributed by atoms with van der Waals surface area (Å²) in [6.07, 6.45) is 2.64. The lowest BCUT2D eigenvalue weighted by atomic mass is 10.0. The molecule has 0 saturated carbocycles. The molecule has 0 fully saturated rings. The Morgan fingerprint density at radius 2 is 2.25 bits per heavy atom. The van der Waals surface area contributed by atoms with Crippen LogP contribution in [0.15, 0.2) is 17.2 Å². The first-order valence-electron chi connectivity index (χ1n) is 6.19. The Bertz CT molecular complexity index is 656. The molecule has 3 heterocycles. The molecule has 0 spiro atoms. The van der Waals surface area contributed by atoms with Crippen LogP contribution in [0.1, 0.15) is 29.9 Å². The van der Waals surface area contributed by atoms with Gasteiger partial charge in [0.1, 0.15) is 22.5 Å². The maximum atomic E-state index is 6.00. The lowest BCUT2D eigenvalue weighted by molar-refractivity contribution is 0.355. The van der Waals surface area contributed by atoms with Crippen molar-refractivity contribution in [3.05, 3.63) is 34.5 Å². The van der Waals surface area contributed by atoms with Gasteiger partial charge in [-0.05, 0) is 13.0 Å². The van der Waals surface area contributed by atoms with E-state index in [0.717, 1.165) is 23.4 Å². The summed E-state index contributed by atoms with van der Waals surface area (Å²) in [7, 11) is 0. The lowest BCUT2D eigenvalue weighted by Crippen LogP contribution is -2.08. The van der Waals surface area contributed by atoms with Crippen molar-refractivity contribution in [1.82, 2.24) is 15.0 Å². The van der Waals surface area contributed by atoms with E-state index in [2.05, 4.69) is 27.6 Å². The lowest BCUT2D eigenvalue weighted by Gasteiger charge is -2.12. The van der Waals surface area contributed by atoms with Crippen LogP contribution < -0.4 is 10.5 Å². The second kappa shape index (κ2) is 5.10. The molecule has 0 radical (unpaired) electrons. The molecule has 1 aliphatic rings. The summed E-state index contributed by atoms with van der Waals surface area (Å²) in [6, 6.07) is 2.02. The number of pyridine rings is 1. The molecule has 0 aromatic carbocycles. The highest BCUT2D eigenvalue weighted by atomic mass is 35.5. The van der Waals surface area contributed by atoms with Gasteiger partial charge in [-0.25, -0.2) is 9.97 Å². The van der Waals surface area contributed by atoms with E-state index in [1.807, 2.05) is 13.0 Å². The molecule has 0 aliphatic carbocycles. The Morgan fingerprint density at radius 1 is 1.45 bits per heavy atom. The third kappa shape index (κ3) is 2.29. The van der Waals surface area contributed by atoms with E-state index in [0.29, 0.717) is 17.3 Å². The molecule has 2 N–H and O–H groups in total. The molecule has 1 aliphatic heterocycles. The first-order valence-corrected chi connectivity index (χ1v) is 7.02. The molecule has 0 bridgehead atoms. The van der Waals surface area contributed by atoms with Crippen LogP contribution in [0.5, 0.6) is 5.75 Å². The quantitative estimate of drug-likeness (QED) is 0.658. The SMILES string of the molecule is CC(c1cc2c(cn1)OCC2)c1nc(N)c(S)c(Cl)n1. The number of aromatic nitrogens is 3. The largest absolute Gasteiger partial charge is 0.491 e. The van der Waals surface area contributed by atoms with Gasteiger partial charge in [-0.2, -0.15) is 0 Å². The number of nitrogens with two attached hydrogens (primary N) is 1. The molecule has 5 nitrogen and oxygen atoms in total. The Kier molecular flexibility index (Phi) is 3.43. The molecular formula is C13H13ClN4OS. The van der Waals surface area contributed by atoms with Gasteiger partial charge < -0.3 is 10.5 Å². The Morgan fingerprint density at radius 3 is 3.00 bits per heavy atom. The summed E-state index contributed by atoms with van der Waals surface area (Å²) in [4.78, 5) is 13.3. The van der Waals surface area contributed by atoms with Crippen LogP contribution in [0.2, 0.25) is 5.15 Å². The summed E-state index contributed by atoms with van der Waals surface area (Å²) in [5, 5.41) is 0.257. The zero-order chi connectivity index (χ0) is 14.3. The summed E-state index contributed by atoms with van der Waals surface area (Å²) < 4.78 is 5.45. The maximum absolute atomic E-state index is 6.00. The van der Waals surface area contributed by atoms with Gasteiger partial charge in [-0.1, -0.05) is 11.6 Å². The minimum absolute atomic E-state index is 0.102. The highest BCUT2D eigenvalue weighted by Crippen LogP contribution is 2.30. The van der Waals surface area contributed by atoms with Crippen molar-refractivity contribution in [2.45, 2.75) is 24.2 Å². The van der Waals surface area contributed by atoms with Crippen LogP contribution in [0, 0.1) is 0 Å². The zero-order valence-corrected chi connectivity index (χ0v) is 12.4. The van der Waals surface area contributed by atoms with Crippen LogP contribution in [-0.4, -0.2) is 21.6 Å². The minimum Gasteiger partial charge on any atom is -0.491 e. The fourth-order valence-electron chi connectivity index (χ4n) is 2.12. The van der Waals surface area contributed by atoms with Crippen LogP contribution in [0.25, 0.3) is 0 Å². The summed E-state index contributed by atoms with van der Waals surface area (Å²) in [6.45, 7) is 2.67. The van der Waals surface area contributed by atoms with Crippen molar-refractivity contribution in [3.8, 4) is 5.75 Å². The molecule has 2 aromatic rings. The van der Waals surface area contributed by atoms with Crippen molar-refractivity contribution in [2.24, 2.45) is 0 Å². The van der Waals surface area contributed by atoms with E-state index in [4.69, 9.17) is 22.1 Å². The number of nitrogens with zero attached hydrogens (tertiary/aromatic N) is 3. The first-order chi connectivity index (χ1) is 9.56. The predicted octanol–water partition coefficient (Wildman–Crippen LogP) is 2.48. The number of rotatable bonds is 2. The van der Waals surface area contributed by atoms with Gasteiger partial charge in [0, 0.05) is 12.0 Å². The fourth-order valence-corrected chi connectivity index (χ4v) is 2.41. The molecule has 3 rings (SSSR count). The highest BCUT2D eigenvalue weighted by Gasteiger charge is 2.20. The monoisotopic (exact) mass is 308 g/mol. The molecular weight excluding hydrogens is 296 g/mol. The number of anilines is 1. The average Bonchev–Trinajstić information content (AvgIpc) is 2.90. The number of nitrogen functional groups attached to an aromatic ring is 1. The van der Waals surface area contributed by atoms with E-state index < -0.39 is 0 Å². The molecule has 0 saturated heterocycles. The van der Waals surface area contributed by atoms with Gasteiger partial charge in [0.05, 0.1) is 29.3 Å². The van der Waals surface area contributed by atoms with Crippen molar-refractivity contribution >= 4 is 30.0 Å².